The minimum atomic E-state index is -0.375. The highest BCUT2D eigenvalue weighted by Gasteiger charge is 2.43. The molecule has 2 N–H and O–H groups in total. The number of ketones is 1. The van der Waals surface area contributed by atoms with Crippen molar-refractivity contribution in [2.75, 3.05) is 6.61 Å². The van der Waals surface area contributed by atoms with Gasteiger partial charge in [-0.15, -0.1) is 0 Å². The zero-order valence-corrected chi connectivity index (χ0v) is 16.5. The van der Waals surface area contributed by atoms with E-state index in [2.05, 4.69) is 16.4 Å². The first-order chi connectivity index (χ1) is 14.1. The molecular formula is C24H25N2O3+. The van der Waals surface area contributed by atoms with E-state index in [0.717, 1.165) is 28.9 Å². The Kier molecular flexibility index (Phi) is 5.56. The Labute approximate surface area is 170 Å². The van der Waals surface area contributed by atoms with Gasteiger partial charge in [-0.3, -0.25) is 4.79 Å². The molecule has 0 radical (unpaired) electrons. The molecule has 1 aromatic heterocycles. The summed E-state index contributed by atoms with van der Waals surface area (Å²) in [5, 5.41) is 3.30. The zero-order chi connectivity index (χ0) is 20.2. The van der Waals surface area contributed by atoms with Crippen LogP contribution in [0, 0.1) is 5.92 Å². The van der Waals surface area contributed by atoms with Gasteiger partial charge in [-0.25, -0.2) is 9.78 Å². The van der Waals surface area contributed by atoms with Gasteiger partial charge in [0.05, 0.1) is 18.1 Å². The molecule has 4 rings (SSSR count). The van der Waals surface area contributed by atoms with Gasteiger partial charge < -0.3 is 10.1 Å². The number of aromatic amines is 1. The van der Waals surface area contributed by atoms with Crippen LogP contribution in [0.15, 0.2) is 77.9 Å². The molecular weight excluding hydrogens is 364 g/mol. The number of rotatable bonds is 5. The number of nitrogens with one attached hydrogen (secondary N) is 2. The molecule has 2 aromatic rings. The fourth-order valence-electron chi connectivity index (χ4n) is 4.23. The van der Waals surface area contributed by atoms with Crippen LogP contribution >= 0.6 is 0 Å². The second-order valence-corrected chi connectivity index (χ2v) is 7.49. The van der Waals surface area contributed by atoms with E-state index in [1.165, 1.54) is 0 Å². The number of H-pyrrole nitrogens is 1. The summed E-state index contributed by atoms with van der Waals surface area (Å²) in [4.78, 5) is 29.0. The van der Waals surface area contributed by atoms with Crippen LogP contribution in [0.2, 0.25) is 0 Å². The van der Waals surface area contributed by atoms with Crippen molar-refractivity contribution < 1.29 is 19.3 Å². The monoisotopic (exact) mass is 389 g/mol. The molecule has 29 heavy (non-hydrogen) atoms. The second kappa shape index (κ2) is 8.43. The number of Topliss-reactive ketones (excluding diaryl/α,β-unsaturated/α-hetero) is 1. The Morgan fingerprint density at radius 1 is 1.17 bits per heavy atom. The van der Waals surface area contributed by atoms with Crippen molar-refractivity contribution in [1.82, 2.24) is 5.32 Å². The Hall–Kier alpha value is -3.21. The van der Waals surface area contributed by atoms with Crippen LogP contribution in [-0.4, -0.2) is 18.4 Å². The Bertz CT molecular complexity index is 964. The number of hydrogen-bond donors (Lipinski definition) is 1. The van der Waals surface area contributed by atoms with Gasteiger partial charge in [-0.05, 0) is 25.0 Å². The minimum absolute atomic E-state index is 0.158. The van der Waals surface area contributed by atoms with Crippen molar-refractivity contribution in [3.05, 3.63) is 89.0 Å². The Balaban J connectivity index is 1.62. The largest absolute Gasteiger partial charge is 0.462 e. The molecule has 148 valence electrons. The molecule has 0 bridgehead atoms. The van der Waals surface area contributed by atoms with Gasteiger partial charge in [0.15, 0.2) is 12.4 Å². The van der Waals surface area contributed by atoms with Gasteiger partial charge in [-0.2, -0.15) is 0 Å². The number of ether oxygens (including phenoxy) is 1. The first-order valence-electron chi connectivity index (χ1n) is 10.0. The van der Waals surface area contributed by atoms with E-state index in [1.807, 2.05) is 61.8 Å². The summed E-state index contributed by atoms with van der Waals surface area (Å²) in [5.41, 5.74) is 4.22. The molecule has 0 spiro atoms. The number of benzene rings is 1. The average Bonchev–Trinajstić information content (AvgIpc) is 2.74. The quantitative estimate of drug-likeness (QED) is 0.798. The van der Waals surface area contributed by atoms with Crippen LogP contribution in [0.1, 0.15) is 36.8 Å². The van der Waals surface area contributed by atoms with E-state index in [0.29, 0.717) is 25.0 Å². The smallest absolute Gasteiger partial charge is 0.336 e. The van der Waals surface area contributed by atoms with Crippen LogP contribution in [-0.2, 0) is 20.7 Å². The fraction of sp³-hybridized carbons (Fsp3) is 0.292. The third kappa shape index (κ3) is 3.99. The zero-order valence-electron chi connectivity index (χ0n) is 16.5. The number of aromatic nitrogens is 1. The van der Waals surface area contributed by atoms with Crippen LogP contribution in [0.4, 0.5) is 0 Å². The molecule has 0 saturated heterocycles. The SMILES string of the molecule is CC1=C(C(=O)OCCc2ccccc2)C(c2ccc[nH+]c2)C2C(=O)CCC=C2N1. The van der Waals surface area contributed by atoms with Gasteiger partial charge in [-0.1, -0.05) is 36.4 Å². The molecule has 1 aromatic carbocycles. The van der Waals surface area contributed by atoms with Gasteiger partial charge in [0, 0.05) is 41.8 Å². The molecule has 2 atom stereocenters. The first-order valence-corrected chi connectivity index (χ1v) is 10.0. The van der Waals surface area contributed by atoms with Crippen molar-refractivity contribution in [1.29, 1.82) is 0 Å². The molecule has 2 aliphatic rings. The van der Waals surface area contributed by atoms with E-state index in [-0.39, 0.29) is 23.6 Å². The summed E-state index contributed by atoms with van der Waals surface area (Å²) in [6, 6.07) is 13.8. The average molecular weight is 389 g/mol. The highest BCUT2D eigenvalue weighted by Crippen LogP contribution is 2.43. The number of allylic oxidation sites excluding steroid dienone is 3. The van der Waals surface area contributed by atoms with Gasteiger partial charge >= 0.3 is 5.97 Å². The third-order valence-electron chi connectivity index (χ3n) is 5.59. The Morgan fingerprint density at radius 3 is 2.76 bits per heavy atom. The number of hydrogen-bond acceptors (Lipinski definition) is 4. The lowest BCUT2D eigenvalue weighted by atomic mass is 9.71. The maximum atomic E-state index is 13.1. The normalized spacial score (nSPS) is 21.1. The lowest BCUT2D eigenvalue weighted by Crippen LogP contribution is -2.41. The van der Waals surface area contributed by atoms with E-state index in [4.69, 9.17) is 4.74 Å². The third-order valence-corrected chi connectivity index (χ3v) is 5.59. The number of carbonyl (C=O) groups is 2. The second-order valence-electron chi connectivity index (χ2n) is 7.49. The number of fused-ring (bicyclic) bond motifs is 1. The predicted octanol–water partition coefficient (Wildman–Crippen LogP) is 3.11. The molecule has 5 nitrogen and oxygen atoms in total. The minimum Gasteiger partial charge on any atom is -0.462 e. The summed E-state index contributed by atoms with van der Waals surface area (Å²) >= 11 is 0. The molecule has 5 heteroatoms. The predicted molar refractivity (Wildman–Crippen MR) is 108 cm³/mol. The maximum absolute atomic E-state index is 13.1. The molecule has 0 amide bonds. The van der Waals surface area contributed by atoms with Crippen molar-refractivity contribution >= 4 is 11.8 Å². The molecule has 0 fully saturated rings. The standard InChI is InChI=1S/C24H24N2O3/c1-16-21(24(28)29-14-12-17-7-3-2-4-8-17)22(18-9-6-13-25-15-18)23-19(26-16)10-5-11-20(23)27/h2-4,6-10,13,15,22-23,26H,5,11-12,14H2,1H3/p+1. The molecule has 1 aliphatic heterocycles. The summed E-state index contributed by atoms with van der Waals surface area (Å²) in [7, 11) is 0. The fourth-order valence-corrected chi connectivity index (χ4v) is 4.23. The highest BCUT2D eigenvalue weighted by molar-refractivity contribution is 5.96. The van der Waals surface area contributed by atoms with Crippen molar-refractivity contribution in [3.8, 4) is 0 Å². The highest BCUT2D eigenvalue weighted by atomic mass is 16.5. The van der Waals surface area contributed by atoms with Gasteiger partial charge in [0.1, 0.15) is 5.78 Å². The van der Waals surface area contributed by atoms with E-state index in [1.54, 1.807) is 0 Å². The summed E-state index contributed by atoms with van der Waals surface area (Å²) < 4.78 is 5.64. The van der Waals surface area contributed by atoms with E-state index < -0.39 is 0 Å². The molecule has 2 heterocycles. The summed E-state index contributed by atoms with van der Waals surface area (Å²) in [6.07, 6.45) is 7.64. The number of esters is 1. The topological polar surface area (TPSA) is 69.5 Å². The van der Waals surface area contributed by atoms with Crippen molar-refractivity contribution in [2.24, 2.45) is 5.92 Å². The molecule has 0 saturated carbocycles. The van der Waals surface area contributed by atoms with Crippen molar-refractivity contribution in [2.45, 2.75) is 32.1 Å². The first kappa shape index (κ1) is 19.1. The van der Waals surface area contributed by atoms with Gasteiger partial charge in [0.25, 0.3) is 0 Å². The van der Waals surface area contributed by atoms with Crippen LogP contribution in [0.3, 0.4) is 0 Å². The van der Waals surface area contributed by atoms with E-state index in [9.17, 15) is 9.59 Å². The van der Waals surface area contributed by atoms with Crippen LogP contribution < -0.4 is 10.3 Å². The van der Waals surface area contributed by atoms with Crippen LogP contribution in [0.25, 0.3) is 0 Å². The number of pyridine rings is 1. The molecule has 2 unspecified atom stereocenters. The summed E-state index contributed by atoms with van der Waals surface area (Å²) in [6.45, 7) is 2.18. The maximum Gasteiger partial charge on any atom is 0.336 e. The van der Waals surface area contributed by atoms with Crippen LogP contribution in [0.5, 0.6) is 0 Å². The van der Waals surface area contributed by atoms with Gasteiger partial charge in [0.2, 0.25) is 0 Å². The Morgan fingerprint density at radius 2 is 2.00 bits per heavy atom. The van der Waals surface area contributed by atoms with Crippen molar-refractivity contribution in [3.63, 3.8) is 0 Å². The van der Waals surface area contributed by atoms with E-state index >= 15 is 0 Å². The lowest BCUT2D eigenvalue weighted by molar-refractivity contribution is -0.378. The lowest BCUT2D eigenvalue weighted by Gasteiger charge is -2.37. The molecule has 1 aliphatic carbocycles. The summed E-state index contributed by atoms with van der Waals surface area (Å²) in [5.74, 6) is -0.931. The number of carbonyl (C=O) groups excluding carboxylic acids is 2.